The summed E-state index contributed by atoms with van der Waals surface area (Å²) in [4.78, 5) is 10.8. The van der Waals surface area contributed by atoms with Gasteiger partial charge in [0.2, 0.25) is 0 Å². The van der Waals surface area contributed by atoms with Gasteiger partial charge in [-0.3, -0.25) is 0 Å². The van der Waals surface area contributed by atoms with E-state index in [9.17, 15) is 0 Å². The summed E-state index contributed by atoms with van der Waals surface area (Å²) in [6.45, 7) is 7.17. The molecule has 0 spiro atoms. The largest absolute Gasteiger partial charge is 0.367 e. The van der Waals surface area contributed by atoms with Gasteiger partial charge in [0.05, 0.1) is 0 Å². The van der Waals surface area contributed by atoms with Gasteiger partial charge in [-0.05, 0) is 47.8 Å². The van der Waals surface area contributed by atoms with E-state index in [0.717, 1.165) is 30.3 Å². The van der Waals surface area contributed by atoms with Gasteiger partial charge in [0.15, 0.2) is 0 Å². The van der Waals surface area contributed by atoms with Crippen molar-refractivity contribution in [2.45, 2.75) is 33.2 Å². The average Bonchev–Trinajstić information content (AvgIpc) is 2.12. The van der Waals surface area contributed by atoms with Crippen LogP contribution in [-0.2, 0) is 0 Å². The summed E-state index contributed by atoms with van der Waals surface area (Å²) in [7, 11) is 4.18. The topological polar surface area (TPSA) is 41.0 Å². The molecule has 90 valence electrons. The molecule has 0 saturated heterocycles. The van der Waals surface area contributed by atoms with Crippen LogP contribution in [0.3, 0.4) is 0 Å². The summed E-state index contributed by atoms with van der Waals surface area (Å²) < 4.78 is 0. The Bertz CT molecular complexity index is 316. The summed E-state index contributed by atoms with van der Waals surface area (Å²) in [5.41, 5.74) is 1.01. The normalized spacial score (nSPS) is 12.9. The molecular weight excluding hydrogens is 200 g/mol. The van der Waals surface area contributed by atoms with Crippen molar-refractivity contribution in [1.29, 1.82) is 0 Å². The molecule has 16 heavy (non-hydrogen) atoms. The van der Waals surface area contributed by atoms with Crippen LogP contribution < -0.4 is 5.32 Å². The van der Waals surface area contributed by atoms with E-state index in [2.05, 4.69) is 41.2 Å². The molecule has 4 nitrogen and oxygen atoms in total. The van der Waals surface area contributed by atoms with Crippen LogP contribution in [0.2, 0.25) is 0 Å². The molecule has 1 N–H and O–H groups in total. The van der Waals surface area contributed by atoms with Crippen LogP contribution >= 0.6 is 0 Å². The second kappa shape index (κ2) is 5.80. The molecule has 0 aliphatic rings. The molecule has 0 fully saturated rings. The van der Waals surface area contributed by atoms with E-state index in [-0.39, 0.29) is 0 Å². The van der Waals surface area contributed by atoms with Crippen LogP contribution in [0.15, 0.2) is 6.07 Å². The van der Waals surface area contributed by atoms with E-state index in [1.54, 1.807) is 0 Å². The molecule has 1 heterocycles. The lowest BCUT2D eigenvalue weighted by Gasteiger charge is -2.17. The molecule has 0 radical (unpaired) electrons. The number of hydrogen-bond donors (Lipinski definition) is 1. The molecule has 1 atom stereocenters. The van der Waals surface area contributed by atoms with Crippen molar-refractivity contribution in [1.82, 2.24) is 14.9 Å². The molecule has 0 aliphatic carbocycles. The quantitative estimate of drug-likeness (QED) is 0.825. The highest BCUT2D eigenvalue weighted by molar-refractivity contribution is 5.36. The van der Waals surface area contributed by atoms with Crippen LogP contribution in [0.25, 0.3) is 0 Å². The maximum absolute atomic E-state index is 4.37. The van der Waals surface area contributed by atoms with Gasteiger partial charge in [-0.15, -0.1) is 0 Å². The minimum atomic E-state index is 0.427. The van der Waals surface area contributed by atoms with Crippen molar-refractivity contribution in [3.63, 3.8) is 0 Å². The van der Waals surface area contributed by atoms with Crippen molar-refractivity contribution in [3.8, 4) is 0 Å². The Labute approximate surface area is 98.1 Å². The Kier molecular flexibility index (Phi) is 4.68. The predicted molar refractivity (Wildman–Crippen MR) is 67.8 cm³/mol. The first-order chi connectivity index (χ1) is 7.47. The van der Waals surface area contributed by atoms with Crippen molar-refractivity contribution in [2.75, 3.05) is 26.0 Å². The first-order valence-corrected chi connectivity index (χ1v) is 5.71. The van der Waals surface area contributed by atoms with Crippen LogP contribution in [-0.4, -0.2) is 41.5 Å². The Balaban J connectivity index is 2.52. The molecule has 0 amide bonds. The molecule has 0 saturated carbocycles. The fraction of sp³-hybridized carbons (Fsp3) is 0.667. The van der Waals surface area contributed by atoms with Crippen molar-refractivity contribution in [2.24, 2.45) is 0 Å². The number of nitrogens with zero attached hydrogens (tertiary/aromatic N) is 3. The molecule has 0 aromatic carbocycles. The predicted octanol–water partition coefficient (Wildman–Crippen LogP) is 1.85. The molecular formula is C12H22N4. The standard InChI is InChI=1S/C12H22N4/c1-9(6-7-16(4)5)14-12-8-10(2)13-11(3)15-12/h8-9H,6-7H2,1-5H3,(H,13,14,15). The van der Waals surface area contributed by atoms with Crippen LogP contribution in [0.5, 0.6) is 0 Å². The highest BCUT2D eigenvalue weighted by Crippen LogP contribution is 2.08. The van der Waals surface area contributed by atoms with E-state index >= 15 is 0 Å². The van der Waals surface area contributed by atoms with E-state index < -0.39 is 0 Å². The van der Waals surface area contributed by atoms with Gasteiger partial charge in [0.25, 0.3) is 0 Å². The van der Waals surface area contributed by atoms with Gasteiger partial charge in [-0.2, -0.15) is 0 Å². The molecule has 0 aliphatic heterocycles. The molecule has 1 aromatic rings. The Morgan fingerprint density at radius 1 is 1.31 bits per heavy atom. The Morgan fingerprint density at radius 3 is 2.56 bits per heavy atom. The SMILES string of the molecule is Cc1cc(NC(C)CCN(C)C)nc(C)n1. The summed E-state index contributed by atoms with van der Waals surface area (Å²) in [6.07, 6.45) is 1.11. The monoisotopic (exact) mass is 222 g/mol. The van der Waals surface area contributed by atoms with Crippen LogP contribution in [0.1, 0.15) is 24.9 Å². The fourth-order valence-corrected chi connectivity index (χ4v) is 1.57. The third kappa shape index (κ3) is 4.57. The number of aryl methyl sites for hydroxylation is 2. The zero-order valence-electron chi connectivity index (χ0n) is 10.9. The number of anilines is 1. The van der Waals surface area contributed by atoms with Crippen LogP contribution in [0, 0.1) is 13.8 Å². The van der Waals surface area contributed by atoms with Gasteiger partial charge in [0.1, 0.15) is 11.6 Å². The van der Waals surface area contributed by atoms with Gasteiger partial charge < -0.3 is 10.2 Å². The number of hydrogen-bond acceptors (Lipinski definition) is 4. The molecule has 1 unspecified atom stereocenters. The van der Waals surface area contributed by atoms with E-state index in [1.807, 2.05) is 19.9 Å². The highest BCUT2D eigenvalue weighted by Gasteiger charge is 2.04. The smallest absolute Gasteiger partial charge is 0.130 e. The number of nitrogens with one attached hydrogen (secondary N) is 1. The Hall–Kier alpha value is -1.16. The average molecular weight is 222 g/mol. The van der Waals surface area contributed by atoms with E-state index in [4.69, 9.17) is 0 Å². The molecule has 1 rings (SSSR count). The summed E-state index contributed by atoms with van der Waals surface area (Å²) in [5.74, 6) is 1.75. The molecule has 0 bridgehead atoms. The van der Waals surface area contributed by atoms with E-state index in [1.165, 1.54) is 0 Å². The van der Waals surface area contributed by atoms with Crippen molar-refractivity contribution in [3.05, 3.63) is 17.6 Å². The van der Waals surface area contributed by atoms with Crippen LogP contribution in [0.4, 0.5) is 5.82 Å². The second-order valence-electron chi connectivity index (χ2n) is 4.58. The van der Waals surface area contributed by atoms with Crippen molar-refractivity contribution < 1.29 is 0 Å². The summed E-state index contributed by atoms with van der Waals surface area (Å²) in [5, 5.41) is 3.40. The molecule has 1 aromatic heterocycles. The third-order valence-corrected chi connectivity index (χ3v) is 2.37. The first-order valence-electron chi connectivity index (χ1n) is 5.71. The zero-order chi connectivity index (χ0) is 12.1. The van der Waals surface area contributed by atoms with Crippen molar-refractivity contribution >= 4 is 5.82 Å². The third-order valence-electron chi connectivity index (χ3n) is 2.37. The Morgan fingerprint density at radius 2 is 2.00 bits per heavy atom. The second-order valence-corrected chi connectivity index (χ2v) is 4.58. The van der Waals surface area contributed by atoms with Gasteiger partial charge in [0, 0.05) is 17.8 Å². The number of rotatable bonds is 5. The highest BCUT2D eigenvalue weighted by atomic mass is 15.1. The zero-order valence-corrected chi connectivity index (χ0v) is 10.9. The van der Waals surface area contributed by atoms with Gasteiger partial charge in [-0.1, -0.05) is 0 Å². The van der Waals surface area contributed by atoms with E-state index in [0.29, 0.717) is 6.04 Å². The first kappa shape index (κ1) is 12.9. The fourth-order valence-electron chi connectivity index (χ4n) is 1.57. The maximum atomic E-state index is 4.37. The summed E-state index contributed by atoms with van der Waals surface area (Å²) in [6, 6.07) is 2.41. The lowest BCUT2D eigenvalue weighted by molar-refractivity contribution is 0.390. The van der Waals surface area contributed by atoms with Gasteiger partial charge in [-0.25, -0.2) is 9.97 Å². The minimum Gasteiger partial charge on any atom is -0.367 e. The minimum absolute atomic E-state index is 0.427. The number of aromatic nitrogens is 2. The lowest BCUT2D eigenvalue weighted by atomic mass is 10.2. The molecule has 4 heteroatoms. The van der Waals surface area contributed by atoms with Gasteiger partial charge >= 0.3 is 0 Å². The lowest BCUT2D eigenvalue weighted by Crippen LogP contribution is -2.23. The maximum Gasteiger partial charge on any atom is 0.130 e. The summed E-state index contributed by atoms with van der Waals surface area (Å²) >= 11 is 0.